The topological polar surface area (TPSA) is 84.2 Å². The summed E-state index contributed by atoms with van der Waals surface area (Å²) < 4.78 is 0.953. The van der Waals surface area contributed by atoms with Crippen LogP contribution in [-0.4, -0.2) is 24.4 Å². The van der Waals surface area contributed by atoms with Crippen LogP contribution in [0.3, 0.4) is 0 Å². The molecule has 5 nitrogen and oxygen atoms in total. The fraction of sp³-hybridized carbons (Fsp3) is 0.467. The van der Waals surface area contributed by atoms with Crippen LogP contribution in [0.15, 0.2) is 28.7 Å². The van der Waals surface area contributed by atoms with Gasteiger partial charge in [-0.3, -0.25) is 9.59 Å². The Hall–Kier alpha value is -1.11. The summed E-state index contributed by atoms with van der Waals surface area (Å²) in [5.74, 6) is -0.261. The second-order valence-electron chi connectivity index (χ2n) is 5.12. The summed E-state index contributed by atoms with van der Waals surface area (Å²) in [6, 6.07) is 7.28. The summed E-state index contributed by atoms with van der Waals surface area (Å²) in [6.45, 7) is 3.89. The molecule has 2 atom stereocenters. The number of benzene rings is 1. The van der Waals surface area contributed by atoms with E-state index in [0.717, 1.165) is 16.5 Å². The lowest BCUT2D eigenvalue weighted by Gasteiger charge is -2.18. The number of carbonyl (C=O) groups excluding carboxylic acids is 2. The van der Waals surface area contributed by atoms with E-state index in [4.69, 9.17) is 5.73 Å². The first kappa shape index (κ1) is 20.9. The quantitative estimate of drug-likeness (QED) is 0.665. The van der Waals surface area contributed by atoms with E-state index >= 15 is 0 Å². The van der Waals surface area contributed by atoms with Crippen molar-refractivity contribution in [1.82, 2.24) is 10.6 Å². The average Bonchev–Trinajstić information content (AvgIpc) is 2.37. The van der Waals surface area contributed by atoms with Crippen molar-refractivity contribution < 1.29 is 9.59 Å². The van der Waals surface area contributed by atoms with Crippen LogP contribution >= 0.6 is 28.3 Å². The van der Waals surface area contributed by atoms with Crippen LogP contribution in [0, 0.1) is 0 Å². The molecule has 0 radical (unpaired) electrons. The van der Waals surface area contributed by atoms with E-state index in [1.807, 2.05) is 31.2 Å². The molecule has 4 N–H and O–H groups in total. The summed E-state index contributed by atoms with van der Waals surface area (Å²) in [7, 11) is 0. The van der Waals surface area contributed by atoms with Crippen molar-refractivity contribution in [3.8, 4) is 0 Å². The number of hydrogen-bond acceptors (Lipinski definition) is 3. The number of halogens is 2. The standard InChI is InChI=1S/C15H22BrN3O2.ClH/c1-10(17)7-8-18-15(21)9-14(19-11(2)20)12-3-5-13(16)6-4-12;/h3-6,10,14H,7-9,17H2,1-2H3,(H,18,21)(H,19,20);1H. The maximum atomic E-state index is 11.9. The first-order chi connectivity index (χ1) is 9.88. The van der Waals surface area contributed by atoms with Crippen LogP contribution in [-0.2, 0) is 9.59 Å². The predicted molar refractivity (Wildman–Crippen MR) is 93.8 cm³/mol. The largest absolute Gasteiger partial charge is 0.356 e. The van der Waals surface area contributed by atoms with Crippen molar-refractivity contribution in [2.45, 2.75) is 38.8 Å². The normalized spacial score (nSPS) is 12.7. The van der Waals surface area contributed by atoms with Crippen LogP contribution in [0.25, 0.3) is 0 Å². The van der Waals surface area contributed by atoms with Crippen molar-refractivity contribution in [2.24, 2.45) is 5.73 Å². The molecular formula is C15H23BrClN3O2. The molecule has 0 aliphatic heterocycles. The molecule has 124 valence electrons. The molecule has 0 saturated carbocycles. The second-order valence-corrected chi connectivity index (χ2v) is 6.04. The maximum Gasteiger partial charge on any atom is 0.222 e. The number of nitrogens with two attached hydrogens (primary N) is 1. The van der Waals surface area contributed by atoms with Crippen LogP contribution in [0.2, 0.25) is 0 Å². The van der Waals surface area contributed by atoms with Gasteiger partial charge in [0.1, 0.15) is 0 Å². The molecule has 2 amide bonds. The molecule has 0 heterocycles. The van der Waals surface area contributed by atoms with E-state index in [1.165, 1.54) is 6.92 Å². The molecule has 0 aliphatic rings. The summed E-state index contributed by atoms with van der Waals surface area (Å²) in [5, 5.41) is 5.63. The minimum atomic E-state index is -0.328. The van der Waals surface area contributed by atoms with E-state index in [1.54, 1.807) is 0 Å². The number of hydrogen-bond donors (Lipinski definition) is 3. The first-order valence-corrected chi connectivity index (χ1v) is 7.72. The van der Waals surface area contributed by atoms with Gasteiger partial charge in [0, 0.05) is 24.0 Å². The number of carbonyl (C=O) groups is 2. The zero-order chi connectivity index (χ0) is 15.8. The molecule has 0 aliphatic carbocycles. The maximum absolute atomic E-state index is 11.9. The monoisotopic (exact) mass is 391 g/mol. The summed E-state index contributed by atoms with van der Waals surface area (Å²) >= 11 is 3.37. The minimum Gasteiger partial charge on any atom is -0.356 e. The van der Waals surface area contributed by atoms with Gasteiger partial charge in [0.2, 0.25) is 11.8 Å². The molecule has 1 rings (SSSR count). The van der Waals surface area contributed by atoms with Gasteiger partial charge < -0.3 is 16.4 Å². The summed E-state index contributed by atoms with van der Waals surface area (Å²) in [4.78, 5) is 23.3. The van der Waals surface area contributed by atoms with Crippen LogP contribution in [0.1, 0.15) is 38.3 Å². The molecule has 0 spiro atoms. The van der Waals surface area contributed by atoms with E-state index in [-0.39, 0.29) is 42.7 Å². The third-order valence-corrected chi connectivity index (χ3v) is 3.49. The highest BCUT2D eigenvalue weighted by molar-refractivity contribution is 9.10. The van der Waals surface area contributed by atoms with Gasteiger partial charge in [-0.1, -0.05) is 28.1 Å². The Morgan fingerprint density at radius 1 is 1.27 bits per heavy atom. The molecule has 0 fully saturated rings. The Morgan fingerprint density at radius 3 is 2.36 bits per heavy atom. The van der Waals surface area contributed by atoms with Gasteiger partial charge in [0.25, 0.3) is 0 Å². The van der Waals surface area contributed by atoms with Crippen LogP contribution < -0.4 is 16.4 Å². The zero-order valence-electron chi connectivity index (χ0n) is 12.8. The van der Waals surface area contributed by atoms with Crippen molar-refractivity contribution in [2.75, 3.05) is 6.54 Å². The molecule has 0 saturated heterocycles. The molecule has 2 unspecified atom stereocenters. The second kappa shape index (κ2) is 10.6. The van der Waals surface area contributed by atoms with Crippen molar-refractivity contribution in [1.29, 1.82) is 0 Å². The predicted octanol–water partition coefficient (Wildman–Crippen LogP) is 2.29. The lowest BCUT2D eigenvalue weighted by Crippen LogP contribution is -2.34. The van der Waals surface area contributed by atoms with Crippen LogP contribution in [0.5, 0.6) is 0 Å². The highest BCUT2D eigenvalue weighted by atomic mass is 79.9. The molecule has 22 heavy (non-hydrogen) atoms. The highest BCUT2D eigenvalue weighted by Gasteiger charge is 2.16. The number of nitrogens with one attached hydrogen (secondary N) is 2. The van der Waals surface area contributed by atoms with E-state index in [2.05, 4.69) is 26.6 Å². The summed E-state index contributed by atoms with van der Waals surface area (Å²) in [6.07, 6.45) is 0.939. The van der Waals surface area contributed by atoms with Crippen molar-refractivity contribution in [3.05, 3.63) is 34.3 Å². The Balaban J connectivity index is 0.00000441. The third-order valence-electron chi connectivity index (χ3n) is 2.96. The number of amides is 2. The zero-order valence-corrected chi connectivity index (χ0v) is 15.2. The van der Waals surface area contributed by atoms with Crippen molar-refractivity contribution >= 4 is 40.2 Å². The fourth-order valence-electron chi connectivity index (χ4n) is 1.89. The lowest BCUT2D eigenvalue weighted by atomic mass is 10.0. The van der Waals surface area contributed by atoms with Gasteiger partial charge in [0.15, 0.2) is 0 Å². The number of rotatable bonds is 7. The highest BCUT2D eigenvalue weighted by Crippen LogP contribution is 2.19. The fourth-order valence-corrected chi connectivity index (χ4v) is 2.15. The Kier molecular flexibility index (Phi) is 10.1. The van der Waals surface area contributed by atoms with Gasteiger partial charge >= 0.3 is 0 Å². The average molecular weight is 393 g/mol. The molecule has 7 heteroatoms. The van der Waals surface area contributed by atoms with Gasteiger partial charge in [-0.15, -0.1) is 12.4 Å². The Morgan fingerprint density at radius 2 is 1.86 bits per heavy atom. The minimum absolute atomic E-state index is 0. The Labute approximate surface area is 145 Å². The van der Waals surface area contributed by atoms with Gasteiger partial charge in [-0.05, 0) is 31.0 Å². The molecule has 1 aromatic rings. The molecule has 1 aromatic carbocycles. The van der Waals surface area contributed by atoms with Gasteiger partial charge in [0.05, 0.1) is 12.5 Å². The molecule has 0 aromatic heterocycles. The SMILES string of the molecule is CC(=O)NC(CC(=O)NCCC(C)N)c1ccc(Br)cc1.Cl. The van der Waals surface area contributed by atoms with Crippen LogP contribution in [0.4, 0.5) is 0 Å². The van der Waals surface area contributed by atoms with Gasteiger partial charge in [-0.25, -0.2) is 0 Å². The smallest absolute Gasteiger partial charge is 0.222 e. The first-order valence-electron chi connectivity index (χ1n) is 6.93. The third kappa shape index (κ3) is 8.36. The van der Waals surface area contributed by atoms with E-state index < -0.39 is 0 Å². The molecular weight excluding hydrogens is 370 g/mol. The van der Waals surface area contributed by atoms with E-state index in [0.29, 0.717) is 6.54 Å². The summed E-state index contributed by atoms with van der Waals surface area (Å²) in [5.41, 5.74) is 6.54. The Bertz CT molecular complexity index is 480. The van der Waals surface area contributed by atoms with Crippen molar-refractivity contribution in [3.63, 3.8) is 0 Å². The lowest BCUT2D eigenvalue weighted by molar-refractivity contribution is -0.122. The van der Waals surface area contributed by atoms with Gasteiger partial charge in [-0.2, -0.15) is 0 Å². The van der Waals surface area contributed by atoms with E-state index in [9.17, 15) is 9.59 Å². The molecule has 0 bridgehead atoms.